The van der Waals surface area contributed by atoms with Gasteiger partial charge in [-0.3, -0.25) is 0 Å². The molecule has 1 aromatic rings. The quantitative estimate of drug-likeness (QED) is 0.877. The van der Waals surface area contributed by atoms with Gasteiger partial charge in [0.1, 0.15) is 0 Å². The number of halogens is 1. The SMILES string of the molecule is Cc1cc(S(=O)(=O)NC(C)(C)C(C)(C)O)ccc1Br. The third kappa shape index (κ3) is 3.78. The summed E-state index contributed by atoms with van der Waals surface area (Å²) in [6.45, 7) is 8.27. The lowest BCUT2D eigenvalue weighted by Crippen LogP contribution is -2.57. The summed E-state index contributed by atoms with van der Waals surface area (Å²) in [6.07, 6.45) is 0. The van der Waals surface area contributed by atoms with Crippen molar-refractivity contribution in [3.05, 3.63) is 28.2 Å². The van der Waals surface area contributed by atoms with E-state index in [1.165, 1.54) is 6.07 Å². The zero-order valence-corrected chi connectivity index (χ0v) is 14.2. The van der Waals surface area contributed by atoms with Crippen LogP contribution in [0.3, 0.4) is 0 Å². The van der Waals surface area contributed by atoms with Gasteiger partial charge in [-0.1, -0.05) is 15.9 Å². The van der Waals surface area contributed by atoms with Crippen LogP contribution in [-0.2, 0) is 10.0 Å². The molecule has 2 N–H and O–H groups in total. The fourth-order valence-electron chi connectivity index (χ4n) is 1.30. The molecule has 0 bridgehead atoms. The minimum Gasteiger partial charge on any atom is -0.389 e. The van der Waals surface area contributed by atoms with Crippen molar-refractivity contribution in [1.29, 1.82) is 0 Å². The Morgan fingerprint density at radius 2 is 1.74 bits per heavy atom. The first kappa shape index (κ1) is 16.6. The van der Waals surface area contributed by atoms with Crippen molar-refractivity contribution >= 4 is 26.0 Å². The van der Waals surface area contributed by atoms with E-state index in [1.807, 2.05) is 6.92 Å². The fourth-order valence-corrected chi connectivity index (χ4v) is 3.17. The molecule has 0 aliphatic heterocycles. The summed E-state index contributed by atoms with van der Waals surface area (Å²) in [5, 5.41) is 10.0. The number of nitrogens with one attached hydrogen (secondary N) is 1. The van der Waals surface area contributed by atoms with E-state index in [0.29, 0.717) is 0 Å². The van der Waals surface area contributed by atoms with Crippen LogP contribution in [0.2, 0.25) is 0 Å². The van der Waals surface area contributed by atoms with Crippen molar-refractivity contribution in [3.63, 3.8) is 0 Å². The smallest absolute Gasteiger partial charge is 0.241 e. The van der Waals surface area contributed by atoms with E-state index in [0.717, 1.165) is 10.0 Å². The number of hydrogen-bond acceptors (Lipinski definition) is 3. The Morgan fingerprint density at radius 1 is 1.21 bits per heavy atom. The molecule has 19 heavy (non-hydrogen) atoms. The highest BCUT2D eigenvalue weighted by atomic mass is 79.9. The molecule has 0 fully saturated rings. The Morgan fingerprint density at radius 3 is 2.16 bits per heavy atom. The van der Waals surface area contributed by atoms with E-state index in [9.17, 15) is 13.5 Å². The number of benzene rings is 1. The number of aryl methyl sites for hydroxylation is 1. The standard InChI is InChI=1S/C13H20BrNO3S/c1-9-8-10(6-7-11(9)14)19(17,18)15-12(2,3)13(4,5)16/h6-8,15-16H,1-5H3. The predicted octanol–water partition coefficient (Wildman–Crippen LogP) is 2.59. The van der Waals surface area contributed by atoms with Gasteiger partial charge in [0, 0.05) is 4.47 Å². The molecule has 0 radical (unpaired) electrons. The second kappa shape index (κ2) is 5.16. The highest BCUT2D eigenvalue weighted by Gasteiger charge is 2.38. The highest BCUT2D eigenvalue weighted by Crippen LogP contribution is 2.25. The van der Waals surface area contributed by atoms with Gasteiger partial charge in [0.05, 0.1) is 16.0 Å². The van der Waals surface area contributed by atoms with Crippen molar-refractivity contribution in [1.82, 2.24) is 4.72 Å². The van der Waals surface area contributed by atoms with E-state index in [-0.39, 0.29) is 4.90 Å². The number of sulfonamides is 1. The second-order valence-corrected chi connectivity index (χ2v) is 8.24. The second-order valence-electron chi connectivity index (χ2n) is 5.70. The summed E-state index contributed by atoms with van der Waals surface area (Å²) in [5.41, 5.74) is -1.32. The van der Waals surface area contributed by atoms with Crippen LogP contribution >= 0.6 is 15.9 Å². The molecule has 0 aliphatic carbocycles. The lowest BCUT2D eigenvalue weighted by Gasteiger charge is -2.37. The maximum Gasteiger partial charge on any atom is 0.241 e. The number of rotatable bonds is 4. The summed E-state index contributed by atoms with van der Waals surface area (Å²) >= 11 is 3.33. The zero-order valence-electron chi connectivity index (χ0n) is 11.8. The Labute approximate surface area is 123 Å². The van der Waals surface area contributed by atoms with Gasteiger partial charge < -0.3 is 5.11 Å². The van der Waals surface area contributed by atoms with Crippen molar-refractivity contribution < 1.29 is 13.5 Å². The van der Waals surface area contributed by atoms with E-state index < -0.39 is 21.2 Å². The first-order valence-electron chi connectivity index (χ1n) is 5.89. The largest absolute Gasteiger partial charge is 0.389 e. The summed E-state index contributed by atoms with van der Waals surface area (Å²) in [6, 6.07) is 4.81. The van der Waals surface area contributed by atoms with Gasteiger partial charge in [0.15, 0.2) is 0 Å². The van der Waals surface area contributed by atoms with Crippen LogP contribution in [0.15, 0.2) is 27.6 Å². The normalized spacial score (nSPS) is 13.6. The highest BCUT2D eigenvalue weighted by molar-refractivity contribution is 9.10. The van der Waals surface area contributed by atoms with E-state index in [2.05, 4.69) is 20.7 Å². The Balaban J connectivity index is 3.16. The van der Waals surface area contributed by atoms with Gasteiger partial charge in [-0.2, -0.15) is 0 Å². The maximum absolute atomic E-state index is 12.3. The molecule has 0 atom stereocenters. The summed E-state index contributed by atoms with van der Waals surface area (Å²) in [5.74, 6) is 0. The summed E-state index contributed by atoms with van der Waals surface area (Å²) in [7, 11) is -3.67. The minimum absolute atomic E-state index is 0.186. The molecule has 1 rings (SSSR count). The molecule has 0 amide bonds. The minimum atomic E-state index is -3.67. The molecule has 4 nitrogen and oxygen atoms in total. The lowest BCUT2D eigenvalue weighted by atomic mass is 9.87. The number of hydrogen-bond donors (Lipinski definition) is 2. The third-order valence-corrected chi connectivity index (χ3v) is 5.90. The van der Waals surface area contributed by atoms with Crippen LogP contribution in [0.1, 0.15) is 33.3 Å². The first-order chi connectivity index (χ1) is 8.37. The zero-order chi connectivity index (χ0) is 15.1. The fraction of sp³-hybridized carbons (Fsp3) is 0.538. The van der Waals surface area contributed by atoms with Gasteiger partial charge in [0.2, 0.25) is 10.0 Å². The molecule has 0 aliphatic rings. The van der Waals surface area contributed by atoms with Gasteiger partial charge >= 0.3 is 0 Å². The molecule has 1 aromatic carbocycles. The van der Waals surface area contributed by atoms with Crippen molar-refractivity contribution in [2.45, 2.75) is 50.7 Å². The summed E-state index contributed by atoms with van der Waals surface area (Å²) in [4.78, 5) is 0.186. The van der Waals surface area contributed by atoms with Crippen LogP contribution in [0.4, 0.5) is 0 Å². The van der Waals surface area contributed by atoms with Crippen molar-refractivity contribution in [2.24, 2.45) is 0 Å². The van der Waals surface area contributed by atoms with Crippen molar-refractivity contribution in [3.8, 4) is 0 Å². The maximum atomic E-state index is 12.3. The van der Waals surface area contributed by atoms with Crippen molar-refractivity contribution in [2.75, 3.05) is 0 Å². The van der Waals surface area contributed by atoms with Crippen LogP contribution < -0.4 is 4.72 Å². The van der Waals surface area contributed by atoms with Crippen LogP contribution in [0.25, 0.3) is 0 Å². The first-order valence-corrected chi connectivity index (χ1v) is 8.17. The van der Waals surface area contributed by atoms with Crippen LogP contribution in [-0.4, -0.2) is 24.7 Å². The molecule has 0 saturated heterocycles. The lowest BCUT2D eigenvalue weighted by molar-refractivity contribution is 0.00639. The molecule has 0 heterocycles. The Bertz CT molecular complexity index is 574. The van der Waals surface area contributed by atoms with E-state index in [1.54, 1.807) is 39.8 Å². The predicted molar refractivity (Wildman–Crippen MR) is 79.6 cm³/mol. The van der Waals surface area contributed by atoms with Gasteiger partial charge in [-0.05, 0) is 58.4 Å². The number of aliphatic hydroxyl groups is 1. The molecule has 108 valence electrons. The molecule has 6 heteroatoms. The molecule has 0 unspecified atom stereocenters. The molecule has 0 saturated carbocycles. The molecular weight excluding hydrogens is 330 g/mol. The average Bonchev–Trinajstić information content (AvgIpc) is 2.18. The topological polar surface area (TPSA) is 66.4 Å². The van der Waals surface area contributed by atoms with Crippen LogP contribution in [0, 0.1) is 6.92 Å². The van der Waals surface area contributed by atoms with Gasteiger partial charge in [0.25, 0.3) is 0 Å². The third-order valence-electron chi connectivity index (χ3n) is 3.36. The monoisotopic (exact) mass is 349 g/mol. The van der Waals surface area contributed by atoms with E-state index in [4.69, 9.17) is 0 Å². The van der Waals surface area contributed by atoms with Crippen LogP contribution in [0.5, 0.6) is 0 Å². The van der Waals surface area contributed by atoms with Gasteiger partial charge in [-0.15, -0.1) is 0 Å². The average molecular weight is 350 g/mol. The molecule has 0 spiro atoms. The Hall–Kier alpha value is -0.430. The van der Waals surface area contributed by atoms with Gasteiger partial charge in [-0.25, -0.2) is 13.1 Å². The molecule has 0 aromatic heterocycles. The molecular formula is C13H20BrNO3S. The van der Waals surface area contributed by atoms with E-state index >= 15 is 0 Å². The summed E-state index contributed by atoms with van der Waals surface area (Å²) < 4.78 is 28.0. The Kier molecular flexibility index (Phi) is 4.52.